The molecule has 0 saturated heterocycles. The van der Waals surface area contributed by atoms with Crippen LogP contribution < -0.4 is 4.90 Å². The third-order valence-electron chi connectivity index (χ3n) is 3.48. The van der Waals surface area contributed by atoms with Crippen molar-refractivity contribution >= 4 is 17.6 Å². The van der Waals surface area contributed by atoms with Crippen LogP contribution in [0.15, 0.2) is 48.5 Å². The van der Waals surface area contributed by atoms with E-state index in [1.165, 1.54) is 4.90 Å². The summed E-state index contributed by atoms with van der Waals surface area (Å²) in [6.07, 6.45) is -0.456. The Kier molecular flexibility index (Phi) is 5.07. The number of benzene rings is 2. The molecular formula is C20H23NO3. The average molecular weight is 325 g/mol. The van der Waals surface area contributed by atoms with Gasteiger partial charge in [0.1, 0.15) is 5.60 Å². The SMILES string of the molecule is Cc1ccc(C(=O)c2cccc(N(C)C(=O)OC(C)(C)C)c2)cc1. The molecule has 126 valence electrons. The number of carbonyl (C=O) groups excluding carboxylic acids is 2. The zero-order valence-corrected chi connectivity index (χ0v) is 14.8. The Hall–Kier alpha value is -2.62. The van der Waals surface area contributed by atoms with E-state index >= 15 is 0 Å². The smallest absolute Gasteiger partial charge is 0.414 e. The van der Waals surface area contributed by atoms with Crippen LogP contribution in [0.3, 0.4) is 0 Å². The number of hydrogen-bond donors (Lipinski definition) is 0. The number of ether oxygens (including phenoxy) is 1. The number of ketones is 1. The highest BCUT2D eigenvalue weighted by Gasteiger charge is 2.21. The van der Waals surface area contributed by atoms with Gasteiger partial charge in [-0.1, -0.05) is 42.0 Å². The summed E-state index contributed by atoms with van der Waals surface area (Å²) in [4.78, 5) is 26.2. The maximum Gasteiger partial charge on any atom is 0.414 e. The second kappa shape index (κ2) is 6.87. The highest BCUT2D eigenvalue weighted by Crippen LogP contribution is 2.20. The normalized spacial score (nSPS) is 11.0. The lowest BCUT2D eigenvalue weighted by Crippen LogP contribution is -2.34. The third kappa shape index (κ3) is 4.44. The Balaban J connectivity index is 2.23. The summed E-state index contributed by atoms with van der Waals surface area (Å²) in [5.41, 5.74) is 2.30. The molecule has 24 heavy (non-hydrogen) atoms. The van der Waals surface area contributed by atoms with Gasteiger partial charge in [0, 0.05) is 23.9 Å². The highest BCUT2D eigenvalue weighted by molar-refractivity contribution is 6.09. The van der Waals surface area contributed by atoms with Crippen LogP contribution in [0.5, 0.6) is 0 Å². The Bertz CT molecular complexity index is 742. The first-order chi connectivity index (χ1) is 11.2. The second-order valence-electron chi connectivity index (χ2n) is 6.78. The van der Waals surface area contributed by atoms with Gasteiger partial charge in [0.2, 0.25) is 0 Å². The van der Waals surface area contributed by atoms with Crippen molar-refractivity contribution in [3.05, 3.63) is 65.2 Å². The molecule has 2 aromatic carbocycles. The fourth-order valence-corrected chi connectivity index (χ4v) is 2.16. The summed E-state index contributed by atoms with van der Waals surface area (Å²) >= 11 is 0. The lowest BCUT2D eigenvalue weighted by molar-refractivity contribution is 0.0589. The van der Waals surface area contributed by atoms with Gasteiger partial charge < -0.3 is 4.74 Å². The molecular weight excluding hydrogens is 302 g/mol. The van der Waals surface area contributed by atoms with Crippen molar-refractivity contribution in [2.24, 2.45) is 0 Å². The van der Waals surface area contributed by atoms with Crippen molar-refractivity contribution in [1.82, 2.24) is 0 Å². The first-order valence-corrected chi connectivity index (χ1v) is 7.85. The number of hydrogen-bond acceptors (Lipinski definition) is 3. The minimum absolute atomic E-state index is 0.0746. The van der Waals surface area contributed by atoms with E-state index in [0.29, 0.717) is 16.8 Å². The summed E-state index contributed by atoms with van der Waals surface area (Å²) in [6, 6.07) is 14.4. The van der Waals surface area contributed by atoms with Gasteiger partial charge in [0.25, 0.3) is 0 Å². The molecule has 0 spiro atoms. The van der Waals surface area contributed by atoms with E-state index in [2.05, 4.69) is 0 Å². The Morgan fingerprint density at radius 3 is 2.17 bits per heavy atom. The zero-order chi connectivity index (χ0) is 17.9. The number of carbonyl (C=O) groups is 2. The fraction of sp³-hybridized carbons (Fsp3) is 0.300. The van der Waals surface area contributed by atoms with Crippen LogP contribution in [0.25, 0.3) is 0 Å². The van der Waals surface area contributed by atoms with Crippen molar-refractivity contribution in [2.75, 3.05) is 11.9 Å². The minimum atomic E-state index is -0.569. The van der Waals surface area contributed by atoms with Gasteiger partial charge in [-0.3, -0.25) is 9.69 Å². The first kappa shape index (κ1) is 17.7. The molecule has 0 heterocycles. The molecule has 4 nitrogen and oxygen atoms in total. The summed E-state index contributed by atoms with van der Waals surface area (Å²) in [5, 5.41) is 0. The van der Waals surface area contributed by atoms with E-state index in [4.69, 9.17) is 4.74 Å². The van der Waals surface area contributed by atoms with Gasteiger partial charge in [0.05, 0.1) is 0 Å². The molecule has 0 aliphatic rings. The molecule has 0 radical (unpaired) electrons. The summed E-state index contributed by atoms with van der Waals surface area (Å²) in [5.74, 6) is -0.0746. The number of aryl methyl sites for hydroxylation is 1. The van der Waals surface area contributed by atoms with Crippen LogP contribution >= 0.6 is 0 Å². The van der Waals surface area contributed by atoms with Crippen LogP contribution in [0.4, 0.5) is 10.5 Å². The lowest BCUT2D eigenvalue weighted by atomic mass is 10.0. The molecule has 0 saturated carbocycles. The summed E-state index contributed by atoms with van der Waals surface area (Å²) < 4.78 is 5.35. The predicted molar refractivity (Wildman–Crippen MR) is 95.7 cm³/mol. The second-order valence-corrected chi connectivity index (χ2v) is 6.78. The number of amides is 1. The van der Waals surface area contributed by atoms with Crippen molar-refractivity contribution in [1.29, 1.82) is 0 Å². The zero-order valence-electron chi connectivity index (χ0n) is 14.8. The monoisotopic (exact) mass is 325 g/mol. The van der Waals surface area contributed by atoms with Crippen molar-refractivity contribution < 1.29 is 14.3 Å². The predicted octanol–water partition coefficient (Wildman–Crippen LogP) is 4.60. The summed E-state index contributed by atoms with van der Waals surface area (Å²) in [6.45, 7) is 7.42. The molecule has 0 atom stereocenters. The quantitative estimate of drug-likeness (QED) is 0.775. The van der Waals surface area contributed by atoms with E-state index < -0.39 is 11.7 Å². The number of nitrogens with zero attached hydrogens (tertiary/aromatic N) is 1. The highest BCUT2D eigenvalue weighted by atomic mass is 16.6. The van der Waals surface area contributed by atoms with Gasteiger partial charge in [0.15, 0.2) is 5.78 Å². The van der Waals surface area contributed by atoms with E-state index in [-0.39, 0.29) is 5.78 Å². The van der Waals surface area contributed by atoms with E-state index in [9.17, 15) is 9.59 Å². The largest absolute Gasteiger partial charge is 0.443 e. The molecule has 4 heteroatoms. The van der Waals surface area contributed by atoms with Crippen LogP contribution in [-0.2, 0) is 4.74 Å². The Labute approximate surface area is 143 Å². The topological polar surface area (TPSA) is 46.6 Å². The maximum atomic E-state index is 12.6. The molecule has 0 fully saturated rings. The molecule has 2 rings (SSSR count). The average Bonchev–Trinajstić information content (AvgIpc) is 2.52. The molecule has 2 aromatic rings. The van der Waals surface area contributed by atoms with Gasteiger partial charge in [-0.15, -0.1) is 0 Å². The maximum absolute atomic E-state index is 12.6. The van der Waals surface area contributed by atoms with Crippen LogP contribution in [0, 0.1) is 6.92 Å². The molecule has 0 unspecified atom stereocenters. The van der Waals surface area contributed by atoms with Crippen molar-refractivity contribution in [3.63, 3.8) is 0 Å². The summed E-state index contributed by atoms with van der Waals surface area (Å²) in [7, 11) is 1.63. The first-order valence-electron chi connectivity index (χ1n) is 7.85. The fourth-order valence-electron chi connectivity index (χ4n) is 2.16. The van der Waals surface area contributed by atoms with E-state index in [0.717, 1.165) is 5.56 Å². The molecule has 0 aromatic heterocycles. The Morgan fingerprint density at radius 2 is 1.58 bits per heavy atom. The third-order valence-corrected chi connectivity index (χ3v) is 3.48. The minimum Gasteiger partial charge on any atom is -0.443 e. The van der Waals surface area contributed by atoms with Gasteiger partial charge in [-0.05, 0) is 39.8 Å². The van der Waals surface area contributed by atoms with Gasteiger partial charge in [-0.25, -0.2) is 4.79 Å². The Morgan fingerprint density at radius 1 is 0.958 bits per heavy atom. The van der Waals surface area contributed by atoms with Crippen molar-refractivity contribution in [3.8, 4) is 0 Å². The van der Waals surface area contributed by atoms with Crippen LogP contribution in [0.2, 0.25) is 0 Å². The standard InChI is InChI=1S/C20H23NO3/c1-14-9-11-15(12-10-14)18(22)16-7-6-8-17(13-16)21(5)19(23)24-20(2,3)4/h6-13H,1-5H3. The van der Waals surface area contributed by atoms with Crippen LogP contribution in [0.1, 0.15) is 42.3 Å². The van der Waals surface area contributed by atoms with Gasteiger partial charge in [-0.2, -0.15) is 0 Å². The molecule has 0 N–H and O–H groups in total. The molecule has 1 amide bonds. The van der Waals surface area contributed by atoms with Crippen LogP contribution in [-0.4, -0.2) is 24.5 Å². The molecule has 0 bridgehead atoms. The van der Waals surface area contributed by atoms with E-state index in [1.807, 2.05) is 52.0 Å². The van der Waals surface area contributed by atoms with Gasteiger partial charge >= 0.3 is 6.09 Å². The van der Waals surface area contributed by atoms with Crippen molar-refractivity contribution in [2.45, 2.75) is 33.3 Å². The molecule has 0 aliphatic heterocycles. The van der Waals surface area contributed by atoms with E-state index in [1.54, 1.807) is 31.3 Å². The number of anilines is 1. The number of rotatable bonds is 3. The lowest BCUT2D eigenvalue weighted by Gasteiger charge is -2.24. The molecule has 0 aliphatic carbocycles.